The average Bonchev–Trinajstić information content (AvgIpc) is 2.96. The highest BCUT2D eigenvalue weighted by atomic mass is 35.5. The van der Waals surface area contributed by atoms with E-state index in [9.17, 15) is 4.79 Å². The van der Waals surface area contributed by atoms with Crippen LogP contribution in [0.4, 0.5) is 0 Å². The molecule has 3 rings (SSSR count). The van der Waals surface area contributed by atoms with E-state index in [1.165, 1.54) is 22.0 Å². The molecule has 0 bridgehead atoms. The number of rotatable bonds is 3. The Labute approximate surface area is 139 Å². The minimum absolute atomic E-state index is 0.0305. The molecule has 1 fully saturated rings. The second-order valence-electron chi connectivity index (χ2n) is 5.64. The van der Waals surface area contributed by atoms with Crippen LogP contribution in [0.3, 0.4) is 0 Å². The predicted molar refractivity (Wildman–Crippen MR) is 88.4 cm³/mol. The van der Waals surface area contributed by atoms with Crippen molar-refractivity contribution in [3.8, 4) is 0 Å². The molecular formula is C16H17Cl2N3O. The van der Waals surface area contributed by atoms with Gasteiger partial charge < -0.3 is 0 Å². The van der Waals surface area contributed by atoms with E-state index < -0.39 is 0 Å². The topological polar surface area (TPSA) is 38.1 Å². The number of hydrogen-bond acceptors (Lipinski definition) is 3. The van der Waals surface area contributed by atoms with E-state index in [-0.39, 0.29) is 15.6 Å². The molecule has 0 unspecified atom stereocenters. The van der Waals surface area contributed by atoms with Crippen molar-refractivity contribution in [1.82, 2.24) is 14.7 Å². The quantitative estimate of drug-likeness (QED) is 0.857. The van der Waals surface area contributed by atoms with Gasteiger partial charge >= 0.3 is 0 Å². The van der Waals surface area contributed by atoms with Crippen molar-refractivity contribution in [1.29, 1.82) is 0 Å². The Balaban J connectivity index is 1.86. The molecule has 1 aromatic heterocycles. The zero-order chi connectivity index (χ0) is 15.7. The van der Waals surface area contributed by atoms with Crippen LogP contribution in [0.5, 0.6) is 0 Å². The number of halogens is 2. The van der Waals surface area contributed by atoms with Crippen molar-refractivity contribution < 1.29 is 0 Å². The minimum atomic E-state index is -0.343. The predicted octanol–water partition coefficient (Wildman–Crippen LogP) is 3.65. The summed E-state index contributed by atoms with van der Waals surface area (Å²) in [7, 11) is 0. The molecule has 1 aromatic carbocycles. The molecule has 22 heavy (non-hydrogen) atoms. The third-order valence-electron chi connectivity index (χ3n) is 4.05. The van der Waals surface area contributed by atoms with E-state index in [0.29, 0.717) is 12.7 Å². The van der Waals surface area contributed by atoms with Crippen LogP contribution in [0.25, 0.3) is 0 Å². The van der Waals surface area contributed by atoms with Gasteiger partial charge in [-0.3, -0.25) is 9.69 Å². The summed E-state index contributed by atoms with van der Waals surface area (Å²) in [5.41, 5.74) is 2.18. The van der Waals surface area contributed by atoms with Gasteiger partial charge in [0, 0.05) is 12.6 Å². The van der Waals surface area contributed by atoms with E-state index in [0.717, 1.165) is 19.4 Å². The largest absolute Gasteiger partial charge is 0.288 e. The molecule has 2 aromatic rings. The van der Waals surface area contributed by atoms with Gasteiger partial charge in [0.25, 0.3) is 5.56 Å². The zero-order valence-corrected chi connectivity index (χ0v) is 13.8. The second-order valence-corrected chi connectivity index (χ2v) is 6.42. The van der Waals surface area contributed by atoms with Crippen molar-refractivity contribution in [2.45, 2.75) is 32.5 Å². The van der Waals surface area contributed by atoms with Gasteiger partial charge in [0.2, 0.25) is 0 Å². The summed E-state index contributed by atoms with van der Waals surface area (Å²) in [5.74, 6) is 0. The van der Waals surface area contributed by atoms with Gasteiger partial charge in [0.1, 0.15) is 5.02 Å². The smallest absolute Gasteiger partial charge is 0.277 e. The fourth-order valence-corrected chi connectivity index (χ4v) is 3.24. The summed E-state index contributed by atoms with van der Waals surface area (Å²) < 4.78 is 1.38. The highest BCUT2D eigenvalue weighted by Gasteiger charge is 2.26. The van der Waals surface area contributed by atoms with E-state index >= 15 is 0 Å². The molecule has 0 radical (unpaired) electrons. The SMILES string of the molecule is Cc1cccc([C@@H]2CCCN2Cn2ncc(Cl)c(Cl)c2=O)c1. The first-order valence-electron chi connectivity index (χ1n) is 7.28. The molecule has 1 atom stereocenters. The standard InChI is InChI=1S/C16H17Cl2N3O/c1-11-4-2-5-12(8-11)14-6-3-7-20(14)10-21-16(22)15(18)13(17)9-19-21/h2,4-5,8-9,14H,3,6-7,10H2,1H3/t14-/m0/s1. The van der Waals surface area contributed by atoms with Crippen LogP contribution >= 0.6 is 23.2 Å². The number of nitrogens with zero attached hydrogens (tertiary/aromatic N) is 3. The monoisotopic (exact) mass is 337 g/mol. The first-order valence-corrected chi connectivity index (χ1v) is 8.03. The molecule has 1 aliphatic heterocycles. The lowest BCUT2D eigenvalue weighted by atomic mass is 10.0. The lowest BCUT2D eigenvalue weighted by molar-refractivity contribution is 0.187. The van der Waals surface area contributed by atoms with Crippen LogP contribution in [0.1, 0.15) is 30.0 Å². The highest BCUT2D eigenvalue weighted by Crippen LogP contribution is 2.32. The second kappa shape index (κ2) is 6.41. The van der Waals surface area contributed by atoms with Crippen LogP contribution in [0.15, 0.2) is 35.3 Å². The maximum Gasteiger partial charge on any atom is 0.288 e. The van der Waals surface area contributed by atoms with Gasteiger partial charge in [-0.15, -0.1) is 0 Å². The number of benzene rings is 1. The third-order valence-corrected chi connectivity index (χ3v) is 4.80. The van der Waals surface area contributed by atoms with Gasteiger partial charge in [-0.25, -0.2) is 4.68 Å². The van der Waals surface area contributed by atoms with Gasteiger partial charge in [0.15, 0.2) is 0 Å². The van der Waals surface area contributed by atoms with Crippen LogP contribution in [0.2, 0.25) is 10.0 Å². The summed E-state index contributed by atoms with van der Waals surface area (Å²) in [4.78, 5) is 14.4. The zero-order valence-electron chi connectivity index (χ0n) is 12.3. The van der Waals surface area contributed by atoms with Gasteiger partial charge in [0.05, 0.1) is 17.9 Å². The fraction of sp³-hybridized carbons (Fsp3) is 0.375. The number of aryl methyl sites for hydroxylation is 1. The number of likely N-dealkylation sites (tertiary alicyclic amines) is 1. The molecule has 0 amide bonds. The molecule has 2 heterocycles. The average molecular weight is 338 g/mol. The normalized spacial score (nSPS) is 18.8. The molecule has 4 nitrogen and oxygen atoms in total. The van der Waals surface area contributed by atoms with Crippen LogP contribution in [-0.2, 0) is 6.67 Å². The van der Waals surface area contributed by atoms with Crippen molar-refractivity contribution in [2.75, 3.05) is 6.54 Å². The fourth-order valence-electron chi connectivity index (χ4n) is 2.97. The highest BCUT2D eigenvalue weighted by molar-refractivity contribution is 6.41. The van der Waals surface area contributed by atoms with Crippen molar-refractivity contribution >= 4 is 23.2 Å². The van der Waals surface area contributed by atoms with Crippen LogP contribution in [0, 0.1) is 6.92 Å². The van der Waals surface area contributed by atoms with Crippen LogP contribution in [-0.4, -0.2) is 21.2 Å². The maximum atomic E-state index is 12.1. The van der Waals surface area contributed by atoms with Gasteiger partial charge in [-0.1, -0.05) is 53.0 Å². The number of aromatic nitrogens is 2. The Hall–Kier alpha value is -1.36. The van der Waals surface area contributed by atoms with Crippen LogP contribution < -0.4 is 5.56 Å². The molecular weight excluding hydrogens is 321 g/mol. The van der Waals surface area contributed by atoms with Crippen molar-refractivity contribution in [3.63, 3.8) is 0 Å². The third kappa shape index (κ3) is 3.05. The summed E-state index contributed by atoms with van der Waals surface area (Å²) in [6, 6.07) is 8.82. The van der Waals surface area contributed by atoms with Crippen molar-refractivity contribution in [2.24, 2.45) is 0 Å². The summed E-state index contributed by atoms with van der Waals surface area (Å²) in [6.45, 7) is 3.45. The summed E-state index contributed by atoms with van der Waals surface area (Å²) >= 11 is 11.7. The molecule has 0 saturated carbocycles. The first kappa shape index (κ1) is 15.5. The molecule has 0 aliphatic carbocycles. The number of hydrogen-bond donors (Lipinski definition) is 0. The Kier molecular flexibility index (Phi) is 4.52. The van der Waals surface area contributed by atoms with Gasteiger partial charge in [-0.05, 0) is 25.3 Å². The van der Waals surface area contributed by atoms with Crippen molar-refractivity contribution in [3.05, 3.63) is 62.0 Å². The Bertz CT molecular complexity index is 744. The Morgan fingerprint density at radius 1 is 1.36 bits per heavy atom. The molecule has 6 heteroatoms. The van der Waals surface area contributed by atoms with E-state index in [1.807, 2.05) is 0 Å². The lowest BCUT2D eigenvalue weighted by Gasteiger charge is -2.25. The summed E-state index contributed by atoms with van der Waals surface area (Å²) in [6.07, 6.45) is 3.61. The molecule has 0 spiro atoms. The van der Waals surface area contributed by atoms with E-state index in [1.54, 1.807) is 0 Å². The first-order chi connectivity index (χ1) is 10.6. The minimum Gasteiger partial charge on any atom is -0.277 e. The molecule has 0 N–H and O–H groups in total. The lowest BCUT2D eigenvalue weighted by Crippen LogP contribution is -2.33. The Morgan fingerprint density at radius 2 is 2.18 bits per heavy atom. The van der Waals surface area contributed by atoms with E-state index in [4.69, 9.17) is 23.2 Å². The van der Waals surface area contributed by atoms with E-state index in [2.05, 4.69) is 41.2 Å². The molecule has 1 aliphatic rings. The molecule has 116 valence electrons. The summed E-state index contributed by atoms with van der Waals surface area (Å²) in [5, 5.41) is 4.32. The maximum absolute atomic E-state index is 12.1. The molecule has 1 saturated heterocycles. The van der Waals surface area contributed by atoms with Gasteiger partial charge in [-0.2, -0.15) is 5.10 Å². The Morgan fingerprint density at radius 3 is 2.95 bits per heavy atom.